The third-order valence-corrected chi connectivity index (χ3v) is 5.67. The minimum absolute atomic E-state index is 0.325. The van der Waals surface area contributed by atoms with Crippen LogP contribution in [0.25, 0.3) is 0 Å². The highest BCUT2D eigenvalue weighted by atomic mass is 16.2. The number of carbonyl (C=O) groups is 1. The fourth-order valence-electron chi connectivity index (χ4n) is 3.59. The van der Waals surface area contributed by atoms with Crippen molar-refractivity contribution < 1.29 is 4.79 Å². The van der Waals surface area contributed by atoms with E-state index in [1.54, 1.807) is 0 Å². The molecule has 0 aromatic heterocycles. The highest BCUT2D eigenvalue weighted by Gasteiger charge is 2.30. The van der Waals surface area contributed by atoms with Crippen molar-refractivity contribution in [3.8, 4) is 0 Å². The van der Waals surface area contributed by atoms with Crippen LogP contribution >= 0.6 is 0 Å². The summed E-state index contributed by atoms with van der Waals surface area (Å²) in [7, 11) is 0. The summed E-state index contributed by atoms with van der Waals surface area (Å²) in [4.78, 5) is 21.1. The molecule has 0 unspecified atom stereocenters. The maximum Gasteiger partial charge on any atom is 0.225 e. The van der Waals surface area contributed by atoms with Crippen molar-refractivity contribution in [3.63, 3.8) is 0 Å². The number of nitrogens with one attached hydrogen (secondary N) is 1. The fourth-order valence-corrected chi connectivity index (χ4v) is 3.59. The molecule has 2 aliphatic rings. The van der Waals surface area contributed by atoms with Gasteiger partial charge in [-0.05, 0) is 19.3 Å². The number of guanidine groups is 1. The molecule has 0 aromatic rings. The predicted octanol–water partition coefficient (Wildman–Crippen LogP) is 2.20. The quantitative estimate of drug-likeness (QED) is 0.334. The minimum Gasteiger partial charge on any atom is -0.370 e. The van der Waals surface area contributed by atoms with E-state index < -0.39 is 0 Å². The van der Waals surface area contributed by atoms with E-state index >= 15 is 0 Å². The summed E-state index contributed by atoms with van der Waals surface area (Å²) in [5.74, 6) is 1.28. The first-order chi connectivity index (χ1) is 12.7. The van der Waals surface area contributed by atoms with E-state index in [9.17, 15) is 4.79 Å². The van der Waals surface area contributed by atoms with E-state index in [1.807, 2.05) is 0 Å². The number of amides is 1. The number of unbranched alkanes of at least 4 members (excludes halogenated alkanes) is 5. The van der Waals surface area contributed by atoms with Crippen LogP contribution in [0.3, 0.4) is 0 Å². The van der Waals surface area contributed by atoms with Crippen molar-refractivity contribution in [1.29, 1.82) is 0 Å². The number of piperazine rings is 1. The predicted molar refractivity (Wildman–Crippen MR) is 108 cm³/mol. The van der Waals surface area contributed by atoms with E-state index in [1.165, 1.54) is 38.5 Å². The molecule has 1 amide bonds. The van der Waals surface area contributed by atoms with E-state index in [2.05, 4.69) is 27.0 Å². The Morgan fingerprint density at radius 1 is 1.08 bits per heavy atom. The summed E-state index contributed by atoms with van der Waals surface area (Å²) in [5.41, 5.74) is 5.94. The van der Waals surface area contributed by atoms with Gasteiger partial charge in [-0.1, -0.05) is 45.4 Å². The Morgan fingerprint density at radius 2 is 1.77 bits per heavy atom. The van der Waals surface area contributed by atoms with Gasteiger partial charge in [0.25, 0.3) is 0 Å². The maximum atomic E-state index is 12.3. The first-order valence-corrected chi connectivity index (χ1v) is 10.8. The monoisotopic (exact) mass is 365 g/mol. The van der Waals surface area contributed by atoms with Gasteiger partial charge in [-0.2, -0.15) is 0 Å². The van der Waals surface area contributed by atoms with Crippen LogP contribution in [0, 0.1) is 5.92 Å². The van der Waals surface area contributed by atoms with Crippen LogP contribution in [0.5, 0.6) is 0 Å². The van der Waals surface area contributed by atoms with Gasteiger partial charge in [0.05, 0.1) is 0 Å². The van der Waals surface area contributed by atoms with Gasteiger partial charge in [0.1, 0.15) is 0 Å². The molecule has 1 saturated heterocycles. The van der Waals surface area contributed by atoms with Crippen molar-refractivity contribution in [2.75, 3.05) is 45.8 Å². The summed E-state index contributed by atoms with van der Waals surface area (Å²) in [5, 5.41) is 3.22. The Kier molecular flexibility index (Phi) is 9.82. The van der Waals surface area contributed by atoms with Gasteiger partial charge < -0.3 is 16.0 Å². The fraction of sp³-hybridized carbons (Fsp3) is 0.900. The number of nitrogens with two attached hydrogens (primary N) is 1. The Balaban J connectivity index is 1.47. The van der Waals surface area contributed by atoms with Crippen LogP contribution in [0.15, 0.2) is 4.99 Å². The highest BCUT2D eigenvalue weighted by molar-refractivity contribution is 5.79. The van der Waals surface area contributed by atoms with Crippen LogP contribution < -0.4 is 11.1 Å². The number of nitrogens with zero attached hydrogens (tertiary/aromatic N) is 3. The van der Waals surface area contributed by atoms with Crippen LogP contribution in [-0.2, 0) is 4.79 Å². The van der Waals surface area contributed by atoms with E-state index in [4.69, 9.17) is 5.73 Å². The molecule has 3 N–H and O–H groups in total. The molecule has 6 heteroatoms. The summed E-state index contributed by atoms with van der Waals surface area (Å²) >= 11 is 0. The van der Waals surface area contributed by atoms with Crippen LogP contribution in [0.4, 0.5) is 0 Å². The van der Waals surface area contributed by atoms with Crippen molar-refractivity contribution in [1.82, 2.24) is 15.1 Å². The number of rotatable bonds is 11. The second-order valence-electron chi connectivity index (χ2n) is 7.76. The zero-order valence-electron chi connectivity index (χ0n) is 16.7. The zero-order valence-corrected chi connectivity index (χ0v) is 16.7. The molecule has 6 nitrogen and oxygen atoms in total. The maximum absolute atomic E-state index is 12.3. The van der Waals surface area contributed by atoms with Crippen molar-refractivity contribution >= 4 is 11.9 Å². The molecule has 1 aliphatic heterocycles. The molecule has 0 atom stereocenters. The first-order valence-electron chi connectivity index (χ1n) is 10.8. The third-order valence-electron chi connectivity index (χ3n) is 5.67. The Hall–Kier alpha value is -1.30. The zero-order chi connectivity index (χ0) is 18.6. The molecule has 26 heavy (non-hydrogen) atoms. The molecule has 2 fully saturated rings. The molecule has 1 heterocycles. The third kappa shape index (κ3) is 7.52. The number of hydrogen-bond donors (Lipinski definition) is 2. The van der Waals surface area contributed by atoms with Gasteiger partial charge in [-0.25, -0.2) is 0 Å². The molecule has 1 aliphatic carbocycles. The molecule has 150 valence electrons. The number of aliphatic imine (C=N–C) groups is 1. The lowest BCUT2D eigenvalue weighted by Crippen LogP contribution is -2.52. The smallest absolute Gasteiger partial charge is 0.225 e. The molecule has 0 spiro atoms. The lowest BCUT2D eigenvalue weighted by atomic mass is 9.84. The van der Waals surface area contributed by atoms with Crippen LogP contribution in [-0.4, -0.2) is 67.5 Å². The van der Waals surface area contributed by atoms with Crippen molar-refractivity contribution in [2.24, 2.45) is 16.6 Å². The number of carbonyl (C=O) groups excluding carboxylic acids is 1. The second-order valence-corrected chi connectivity index (χ2v) is 7.76. The van der Waals surface area contributed by atoms with Crippen molar-refractivity contribution in [2.45, 2.75) is 64.7 Å². The largest absolute Gasteiger partial charge is 0.370 e. The van der Waals surface area contributed by atoms with Crippen molar-refractivity contribution in [3.05, 3.63) is 0 Å². The van der Waals surface area contributed by atoms with Gasteiger partial charge in [-0.15, -0.1) is 0 Å². The van der Waals surface area contributed by atoms with Gasteiger partial charge in [-0.3, -0.25) is 14.7 Å². The van der Waals surface area contributed by atoms with Gasteiger partial charge in [0, 0.05) is 51.7 Å². The molecule has 2 rings (SSSR count). The molecular weight excluding hydrogens is 326 g/mol. The Bertz CT molecular complexity index is 428. The van der Waals surface area contributed by atoms with E-state index in [0.29, 0.717) is 17.8 Å². The van der Waals surface area contributed by atoms with Crippen LogP contribution in [0.2, 0.25) is 0 Å². The Morgan fingerprint density at radius 3 is 2.42 bits per heavy atom. The van der Waals surface area contributed by atoms with E-state index in [0.717, 1.165) is 65.1 Å². The lowest BCUT2D eigenvalue weighted by molar-refractivity contribution is -0.139. The summed E-state index contributed by atoms with van der Waals surface area (Å²) in [6.45, 7) is 8.52. The SMILES string of the molecule is CCCCCCCCN=C(N)NCCN1CCN(C(=O)C2CCC2)CC1. The molecule has 0 radical (unpaired) electrons. The molecule has 0 aromatic carbocycles. The minimum atomic E-state index is 0.325. The summed E-state index contributed by atoms with van der Waals surface area (Å²) in [6.07, 6.45) is 11.1. The van der Waals surface area contributed by atoms with Gasteiger partial charge in [0.15, 0.2) is 5.96 Å². The standard InChI is InChI=1S/C20H39N5O/c1-2-3-4-5-6-7-11-22-20(21)23-12-13-24-14-16-25(17-15-24)19(26)18-9-8-10-18/h18H,2-17H2,1H3,(H3,21,22,23). The van der Waals surface area contributed by atoms with Gasteiger partial charge >= 0.3 is 0 Å². The average Bonchev–Trinajstić information content (AvgIpc) is 2.60. The average molecular weight is 366 g/mol. The normalized spacial score (nSPS) is 19.4. The lowest BCUT2D eigenvalue weighted by Gasteiger charge is -2.38. The highest BCUT2D eigenvalue weighted by Crippen LogP contribution is 2.28. The molecule has 0 bridgehead atoms. The number of hydrogen-bond acceptors (Lipinski definition) is 3. The summed E-state index contributed by atoms with van der Waals surface area (Å²) < 4.78 is 0. The topological polar surface area (TPSA) is 74.0 Å². The molecular formula is C20H39N5O. The molecule has 1 saturated carbocycles. The van der Waals surface area contributed by atoms with Crippen LogP contribution in [0.1, 0.15) is 64.7 Å². The summed E-state index contributed by atoms with van der Waals surface area (Å²) in [6, 6.07) is 0. The second kappa shape index (κ2) is 12.2. The van der Waals surface area contributed by atoms with E-state index in [-0.39, 0.29) is 0 Å². The first kappa shape index (κ1) is 21.0. The van der Waals surface area contributed by atoms with Gasteiger partial charge in [0.2, 0.25) is 5.91 Å². The Labute approximate surface area is 159 Å².